The molecule has 27 heavy (non-hydrogen) atoms. The number of anilines is 2. The van der Waals surface area contributed by atoms with Crippen LogP contribution in [0.4, 0.5) is 11.6 Å². The van der Waals surface area contributed by atoms with Crippen LogP contribution in [-0.4, -0.2) is 52.5 Å². The van der Waals surface area contributed by atoms with Crippen molar-refractivity contribution in [3.8, 4) is 0 Å². The predicted molar refractivity (Wildman–Crippen MR) is 104 cm³/mol. The van der Waals surface area contributed by atoms with Crippen LogP contribution in [0.2, 0.25) is 0 Å². The van der Waals surface area contributed by atoms with E-state index in [0.717, 1.165) is 36.7 Å². The van der Waals surface area contributed by atoms with Crippen molar-refractivity contribution in [3.05, 3.63) is 42.4 Å². The molecule has 2 radical (unpaired) electrons. The van der Waals surface area contributed by atoms with Gasteiger partial charge in [0, 0.05) is 57.3 Å². The molecular weight excluding hydrogens is 341 g/mol. The highest BCUT2D eigenvalue weighted by molar-refractivity contribution is 6.36. The smallest absolute Gasteiger partial charge is 0.217 e. The third-order valence-corrected chi connectivity index (χ3v) is 4.60. The first kappa shape index (κ1) is 17.3. The first-order chi connectivity index (χ1) is 13.1. The van der Waals surface area contributed by atoms with Gasteiger partial charge < -0.3 is 15.5 Å². The summed E-state index contributed by atoms with van der Waals surface area (Å²) in [6, 6.07) is 6.01. The lowest BCUT2D eigenvalue weighted by Gasteiger charge is -2.20. The van der Waals surface area contributed by atoms with Crippen molar-refractivity contribution < 1.29 is 4.79 Å². The zero-order valence-electron chi connectivity index (χ0n) is 15.1. The summed E-state index contributed by atoms with van der Waals surface area (Å²) in [6.07, 6.45) is 6.06. The lowest BCUT2D eigenvalue weighted by Crippen LogP contribution is -2.35. The summed E-state index contributed by atoms with van der Waals surface area (Å²) in [6.45, 7) is 3.70. The molecule has 4 heterocycles. The number of aromatic nitrogens is 4. The van der Waals surface area contributed by atoms with Crippen LogP contribution < -0.4 is 21.0 Å². The molecule has 1 amide bonds. The van der Waals surface area contributed by atoms with Crippen molar-refractivity contribution in [1.29, 1.82) is 0 Å². The highest BCUT2D eigenvalue weighted by Gasteiger charge is 2.25. The second-order valence-corrected chi connectivity index (χ2v) is 6.68. The summed E-state index contributed by atoms with van der Waals surface area (Å²) in [5, 5.41) is 10.7. The van der Waals surface area contributed by atoms with Gasteiger partial charge in [0.15, 0.2) is 5.65 Å². The Morgan fingerprint density at radius 1 is 1.41 bits per heavy atom. The van der Waals surface area contributed by atoms with Gasteiger partial charge in [0.05, 0.1) is 0 Å². The maximum atomic E-state index is 11.3. The van der Waals surface area contributed by atoms with Crippen molar-refractivity contribution in [3.63, 3.8) is 0 Å². The first-order valence-electron chi connectivity index (χ1n) is 8.89. The molecule has 1 atom stereocenters. The highest BCUT2D eigenvalue weighted by Crippen LogP contribution is 2.23. The summed E-state index contributed by atoms with van der Waals surface area (Å²) in [5.74, 6) is 1.61. The average Bonchev–Trinajstić information content (AvgIpc) is 3.27. The number of nitrogens with zero attached hydrogens (tertiary/aromatic N) is 5. The van der Waals surface area contributed by atoms with Gasteiger partial charge in [-0.05, 0) is 23.5 Å². The fraction of sp³-hybridized carbons (Fsp3) is 0.333. The summed E-state index contributed by atoms with van der Waals surface area (Å²) in [4.78, 5) is 22.3. The Labute approximate surface area is 158 Å². The van der Waals surface area contributed by atoms with E-state index in [2.05, 4.69) is 30.6 Å². The molecule has 136 valence electrons. The Morgan fingerprint density at radius 3 is 3.07 bits per heavy atom. The number of nitrogens with one attached hydrogen (secondary N) is 2. The van der Waals surface area contributed by atoms with E-state index in [-0.39, 0.29) is 11.9 Å². The molecule has 1 aliphatic rings. The van der Waals surface area contributed by atoms with E-state index in [9.17, 15) is 4.79 Å². The van der Waals surface area contributed by atoms with E-state index in [1.807, 2.05) is 24.4 Å². The molecule has 0 spiro atoms. The minimum atomic E-state index is -0.0101. The Hall–Kier alpha value is -3.10. The molecule has 3 aromatic heterocycles. The van der Waals surface area contributed by atoms with Gasteiger partial charge in [-0.3, -0.25) is 9.78 Å². The number of hydrogen-bond donors (Lipinski definition) is 2. The van der Waals surface area contributed by atoms with E-state index >= 15 is 0 Å². The lowest BCUT2D eigenvalue weighted by molar-refractivity contribution is -0.119. The molecule has 4 rings (SSSR count). The fourth-order valence-electron chi connectivity index (χ4n) is 3.32. The van der Waals surface area contributed by atoms with E-state index in [1.54, 1.807) is 23.8 Å². The van der Waals surface area contributed by atoms with Gasteiger partial charge in [0.1, 0.15) is 19.5 Å². The Kier molecular flexibility index (Phi) is 4.66. The second-order valence-electron chi connectivity index (χ2n) is 6.68. The van der Waals surface area contributed by atoms with Crippen LogP contribution in [0.15, 0.2) is 36.8 Å². The predicted octanol–water partition coefficient (Wildman–Crippen LogP) is 0.245. The van der Waals surface area contributed by atoms with Crippen molar-refractivity contribution in [2.45, 2.75) is 25.9 Å². The van der Waals surface area contributed by atoms with Crippen molar-refractivity contribution in [2.24, 2.45) is 0 Å². The van der Waals surface area contributed by atoms with Gasteiger partial charge in [-0.2, -0.15) is 9.61 Å². The third kappa shape index (κ3) is 3.72. The van der Waals surface area contributed by atoms with E-state index < -0.39 is 0 Å². The van der Waals surface area contributed by atoms with Crippen LogP contribution >= 0.6 is 0 Å². The average molecular weight is 361 g/mol. The van der Waals surface area contributed by atoms with E-state index in [1.165, 1.54) is 0 Å². The number of amides is 1. The topological polar surface area (TPSA) is 87.5 Å². The number of carbonyl (C=O) groups is 1. The van der Waals surface area contributed by atoms with E-state index in [0.29, 0.717) is 17.7 Å². The number of rotatable bonds is 5. The molecule has 0 saturated carbocycles. The SMILES string of the molecule is [B]c1cnn2c(NCc3cccnc3)cc(N3CCC(NC(C)=O)C3)nc12. The minimum Gasteiger partial charge on any atom is -0.366 e. The van der Waals surface area contributed by atoms with Crippen LogP contribution in [0.25, 0.3) is 5.65 Å². The molecule has 3 aromatic rings. The maximum absolute atomic E-state index is 11.3. The van der Waals surface area contributed by atoms with Crippen LogP contribution in [0.1, 0.15) is 18.9 Å². The molecule has 8 nitrogen and oxygen atoms in total. The van der Waals surface area contributed by atoms with Gasteiger partial charge in [-0.15, -0.1) is 0 Å². The normalized spacial score (nSPS) is 16.6. The van der Waals surface area contributed by atoms with Crippen molar-refractivity contribution in [1.82, 2.24) is 24.9 Å². The quantitative estimate of drug-likeness (QED) is 0.634. The van der Waals surface area contributed by atoms with Gasteiger partial charge in [0.2, 0.25) is 5.91 Å². The van der Waals surface area contributed by atoms with Gasteiger partial charge in [0.25, 0.3) is 0 Å². The zero-order chi connectivity index (χ0) is 18.8. The summed E-state index contributed by atoms with van der Waals surface area (Å²) < 4.78 is 1.70. The van der Waals surface area contributed by atoms with E-state index in [4.69, 9.17) is 7.85 Å². The Balaban J connectivity index is 1.60. The summed E-state index contributed by atoms with van der Waals surface area (Å²) in [7, 11) is 6.05. The number of hydrogen-bond acceptors (Lipinski definition) is 6. The minimum absolute atomic E-state index is 0.0101. The van der Waals surface area contributed by atoms with Crippen molar-refractivity contribution in [2.75, 3.05) is 23.3 Å². The molecule has 1 unspecified atom stereocenters. The molecule has 1 fully saturated rings. The lowest BCUT2D eigenvalue weighted by atomic mass is 10.0. The molecular formula is C18H20BN7O. The molecule has 0 bridgehead atoms. The largest absolute Gasteiger partial charge is 0.366 e. The van der Waals surface area contributed by atoms with Crippen molar-refractivity contribution >= 4 is 36.5 Å². The molecule has 2 N–H and O–H groups in total. The van der Waals surface area contributed by atoms with Gasteiger partial charge in [-0.1, -0.05) is 6.07 Å². The van der Waals surface area contributed by atoms with Gasteiger partial charge in [-0.25, -0.2) is 4.98 Å². The molecule has 0 aliphatic carbocycles. The van der Waals surface area contributed by atoms with Crippen LogP contribution in [0.3, 0.4) is 0 Å². The first-order valence-corrected chi connectivity index (χ1v) is 8.89. The highest BCUT2D eigenvalue weighted by atomic mass is 16.1. The summed E-state index contributed by atoms with van der Waals surface area (Å²) >= 11 is 0. The Morgan fingerprint density at radius 2 is 2.30 bits per heavy atom. The zero-order valence-corrected chi connectivity index (χ0v) is 15.1. The standard InChI is InChI=1S/C18H20BN7O/c1-12(27)23-14-4-6-25(11-14)17-7-16(21-9-13-3-2-5-20-8-13)26-18(24-17)15(19)10-22-26/h2-3,5,7-8,10,14,21H,4,6,9,11H2,1H3,(H,23,27). The second kappa shape index (κ2) is 7.26. The fourth-order valence-corrected chi connectivity index (χ4v) is 3.32. The maximum Gasteiger partial charge on any atom is 0.217 e. The number of pyridine rings is 1. The number of fused-ring (bicyclic) bond motifs is 1. The van der Waals surface area contributed by atoms with Crippen LogP contribution in [0, 0.1) is 0 Å². The third-order valence-electron chi connectivity index (χ3n) is 4.60. The molecule has 9 heteroatoms. The van der Waals surface area contributed by atoms with Crippen LogP contribution in [0.5, 0.6) is 0 Å². The summed E-state index contributed by atoms with van der Waals surface area (Å²) in [5.41, 5.74) is 2.21. The molecule has 1 saturated heterocycles. The van der Waals surface area contributed by atoms with Crippen LogP contribution in [-0.2, 0) is 11.3 Å². The molecule has 0 aromatic carbocycles. The van der Waals surface area contributed by atoms with Gasteiger partial charge >= 0.3 is 0 Å². The molecule has 1 aliphatic heterocycles. The number of carbonyl (C=O) groups excluding carboxylic acids is 1. The Bertz CT molecular complexity index is 959. The monoisotopic (exact) mass is 361 g/mol.